The Morgan fingerprint density at radius 3 is 2.41 bits per heavy atom. The van der Waals surface area contributed by atoms with E-state index in [0.717, 1.165) is 24.0 Å². The van der Waals surface area contributed by atoms with Gasteiger partial charge in [-0.05, 0) is 24.5 Å². The lowest BCUT2D eigenvalue weighted by molar-refractivity contribution is 0.284. The minimum absolute atomic E-state index is 0.0871. The fourth-order valence-corrected chi connectivity index (χ4v) is 3.44. The van der Waals surface area contributed by atoms with Crippen molar-refractivity contribution in [2.24, 2.45) is 5.73 Å². The van der Waals surface area contributed by atoms with E-state index in [-0.39, 0.29) is 11.2 Å². The van der Waals surface area contributed by atoms with E-state index in [1.165, 1.54) is 12.8 Å². The third-order valence-corrected chi connectivity index (χ3v) is 4.76. The van der Waals surface area contributed by atoms with E-state index >= 15 is 0 Å². The predicted octanol–water partition coefficient (Wildman–Crippen LogP) is 3.74. The molecule has 0 heterocycles. The lowest BCUT2D eigenvalue weighted by Gasteiger charge is -2.29. The van der Waals surface area contributed by atoms with Gasteiger partial charge in [0.1, 0.15) is 6.61 Å². The van der Waals surface area contributed by atoms with E-state index in [2.05, 4.69) is 0 Å². The highest BCUT2D eigenvalue weighted by Crippen LogP contribution is 2.46. The zero-order valence-electron chi connectivity index (χ0n) is 12.8. The van der Waals surface area contributed by atoms with Crippen LogP contribution in [-0.4, -0.2) is 11.7 Å². The Hall–Kier alpha value is -2.00. The molecule has 116 valence electrons. The first kappa shape index (κ1) is 14.9. The average Bonchev–Trinajstić information content (AvgIpc) is 3.05. The minimum Gasteiger partial charge on any atom is -0.504 e. The van der Waals surface area contributed by atoms with Crippen molar-refractivity contribution in [2.75, 3.05) is 6.54 Å². The number of hydrogen-bond donors (Lipinski definition) is 2. The van der Waals surface area contributed by atoms with Crippen LogP contribution in [0.3, 0.4) is 0 Å². The molecule has 0 unspecified atom stereocenters. The molecule has 1 fully saturated rings. The molecule has 0 spiro atoms. The number of para-hydroxylation sites is 1. The van der Waals surface area contributed by atoms with Crippen molar-refractivity contribution in [1.29, 1.82) is 0 Å². The lowest BCUT2D eigenvalue weighted by Crippen LogP contribution is -2.32. The number of ether oxygens (including phenoxy) is 1. The quantitative estimate of drug-likeness (QED) is 0.884. The van der Waals surface area contributed by atoms with E-state index in [1.807, 2.05) is 48.5 Å². The Kier molecular flexibility index (Phi) is 4.34. The van der Waals surface area contributed by atoms with Crippen molar-refractivity contribution in [3.8, 4) is 11.5 Å². The number of benzene rings is 2. The number of phenols is 1. The van der Waals surface area contributed by atoms with E-state index in [1.54, 1.807) is 0 Å². The number of hydrogen-bond acceptors (Lipinski definition) is 3. The molecule has 2 aromatic carbocycles. The second kappa shape index (κ2) is 6.41. The van der Waals surface area contributed by atoms with Crippen molar-refractivity contribution < 1.29 is 9.84 Å². The normalized spacial score (nSPS) is 16.6. The number of aromatic hydroxyl groups is 1. The molecule has 0 amide bonds. The fourth-order valence-electron chi connectivity index (χ4n) is 3.44. The molecule has 0 saturated heterocycles. The maximum atomic E-state index is 10.6. The van der Waals surface area contributed by atoms with Gasteiger partial charge in [-0.1, -0.05) is 55.3 Å². The van der Waals surface area contributed by atoms with Gasteiger partial charge in [0.25, 0.3) is 0 Å². The summed E-state index contributed by atoms with van der Waals surface area (Å²) in [5.74, 6) is 0.798. The lowest BCUT2D eigenvalue weighted by atomic mass is 9.78. The molecular weight excluding hydrogens is 274 g/mol. The minimum atomic E-state index is -0.0871. The number of rotatable bonds is 5. The first-order valence-corrected chi connectivity index (χ1v) is 7.94. The van der Waals surface area contributed by atoms with Crippen LogP contribution < -0.4 is 10.5 Å². The standard InChI is InChI=1S/C19H23NO2/c20-14-19(11-4-5-12-19)16-9-6-10-17(18(16)21)22-13-15-7-2-1-3-8-15/h1-3,6-10,21H,4-5,11-14,20H2. The molecule has 3 N–H and O–H groups in total. The van der Waals surface area contributed by atoms with Crippen LogP contribution in [0.1, 0.15) is 36.8 Å². The van der Waals surface area contributed by atoms with Crippen LogP contribution in [0.25, 0.3) is 0 Å². The van der Waals surface area contributed by atoms with Gasteiger partial charge in [-0.3, -0.25) is 0 Å². The molecule has 3 heteroatoms. The third-order valence-electron chi connectivity index (χ3n) is 4.76. The summed E-state index contributed by atoms with van der Waals surface area (Å²) in [5, 5.41) is 10.6. The largest absolute Gasteiger partial charge is 0.504 e. The van der Waals surface area contributed by atoms with Crippen LogP contribution in [0.5, 0.6) is 11.5 Å². The van der Waals surface area contributed by atoms with Crippen molar-refractivity contribution >= 4 is 0 Å². The number of phenolic OH excluding ortho intramolecular Hbond substituents is 1. The van der Waals surface area contributed by atoms with Gasteiger partial charge in [0.05, 0.1) is 0 Å². The van der Waals surface area contributed by atoms with Crippen LogP contribution in [0.4, 0.5) is 0 Å². The van der Waals surface area contributed by atoms with E-state index in [9.17, 15) is 5.11 Å². The molecule has 3 nitrogen and oxygen atoms in total. The smallest absolute Gasteiger partial charge is 0.161 e. The van der Waals surface area contributed by atoms with Crippen LogP contribution in [0.2, 0.25) is 0 Å². The summed E-state index contributed by atoms with van der Waals surface area (Å²) < 4.78 is 5.82. The van der Waals surface area contributed by atoms with Crippen LogP contribution in [0, 0.1) is 0 Å². The van der Waals surface area contributed by atoms with Gasteiger partial charge in [0.15, 0.2) is 11.5 Å². The summed E-state index contributed by atoms with van der Waals surface area (Å²) in [4.78, 5) is 0. The number of nitrogens with two attached hydrogens (primary N) is 1. The summed E-state index contributed by atoms with van der Waals surface area (Å²) in [5.41, 5.74) is 7.97. The van der Waals surface area contributed by atoms with Crippen LogP contribution in [-0.2, 0) is 12.0 Å². The Labute approximate surface area is 131 Å². The van der Waals surface area contributed by atoms with Crippen molar-refractivity contribution in [3.05, 3.63) is 59.7 Å². The summed E-state index contributed by atoms with van der Waals surface area (Å²) >= 11 is 0. The SMILES string of the molecule is NCC1(c2cccc(OCc3ccccc3)c2O)CCCC1. The molecule has 0 bridgehead atoms. The first-order chi connectivity index (χ1) is 10.7. The monoisotopic (exact) mass is 297 g/mol. The summed E-state index contributed by atoms with van der Waals surface area (Å²) in [6, 6.07) is 15.7. The summed E-state index contributed by atoms with van der Waals surface area (Å²) in [6.07, 6.45) is 4.43. The third kappa shape index (κ3) is 2.81. The molecule has 1 aliphatic rings. The Bertz CT molecular complexity index is 619. The predicted molar refractivity (Wildman–Crippen MR) is 88.1 cm³/mol. The van der Waals surface area contributed by atoms with Gasteiger partial charge in [0.2, 0.25) is 0 Å². The molecule has 0 aliphatic heterocycles. The van der Waals surface area contributed by atoms with Gasteiger partial charge in [-0.25, -0.2) is 0 Å². The van der Waals surface area contributed by atoms with Crippen molar-refractivity contribution in [1.82, 2.24) is 0 Å². The second-order valence-electron chi connectivity index (χ2n) is 6.12. The Morgan fingerprint density at radius 2 is 1.73 bits per heavy atom. The maximum absolute atomic E-state index is 10.6. The molecule has 3 rings (SSSR count). The molecule has 1 aliphatic carbocycles. The van der Waals surface area contributed by atoms with E-state index in [4.69, 9.17) is 10.5 Å². The molecule has 0 atom stereocenters. The zero-order chi connectivity index (χ0) is 15.4. The maximum Gasteiger partial charge on any atom is 0.161 e. The molecule has 1 saturated carbocycles. The van der Waals surface area contributed by atoms with Crippen molar-refractivity contribution in [3.63, 3.8) is 0 Å². The Balaban J connectivity index is 1.83. The topological polar surface area (TPSA) is 55.5 Å². The van der Waals surface area contributed by atoms with Crippen molar-refractivity contribution in [2.45, 2.75) is 37.7 Å². The van der Waals surface area contributed by atoms with E-state index < -0.39 is 0 Å². The van der Waals surface area contributed by atoms with Gasteiger partial charge in [-0.15, -0.1) is 0 Å². The van der Waals surface area contributed by atoms with E-state index in [0.29, 0.717) is 18.9 Å². The van der Waals surface area contributed by atoms with Gasteiger partial charge < -0.3 is 15.6 Å². The molecule has 2 aromatic rings. The molecule has 22 heavy (non-hydrogen) atoms. The zero-order valence-corrected chi connectivity index (χ0v) is 12.8. The van der Waals surface area contributed by atoms with Gasteiger partial charge in [-0.2, -0.15) is 0 Å². The summed E-state index contributed by atoms with van der Waals surface area (Å²) in [7, 11) is 0. The van der Waals surface area contributed by atoms with Crippen LogP contribution >= 0.6 is 0 Å². The highest BCUT2D eigenvalue weighted by atomic mass is 16.5. The average molecular weight is 297 g/mol. The fraction of sp³-hybridized carbons (Fsp3) is 0.368. The highest BCUT2D eigenvalue weighted by molar-refractivity contribution is 5.49. The highest BCUT2D eigenvalue weighted by Gasteiger charge is 2.37. The van der Waals surface area contributed by atoms with Gasteiger partial charge in [0, 0.05) is 17.5 Å². The molecule has 0 radical (unpaired) electrons. The molecule has 0 aromatic heterocycles. The van der Waals surface area contributed by atoms with Crippen LogP contribution in [0.15, 0.2) is 48.5 Å². The first-order valence-electron chi connectivity index (χ1n) is 7.94. The second-order valence-corrected chi connectivity index (χ2v) is 6.12. The van der Waals surface area contributed by atoms with Gasteiger partial charge >= 0.3 is 0 Å². The molecular formula is C19H23NO2. The Morgan fingerprint density at radius 1 is 1.00 bits per heavy atom. The summed E-state index contributed by atoms with van der Waals surface area (Å²) in [6.45, 7) is 1.02.